The number of carbonyl (C=O) groups excluding carboxylic acids is 1. The molecule has 2 aliphatic rings. The fourth-order valence-corrected chi connectivity index (χ4v) is 2.32. The number of carbonyl (C=O) groups is 1. The molecule has 1 saturated carbocycles. The van der Waals surface area contributed by atoms with Crippen molar-refractivity contribution in [1.82, 2.24) is 0 Å². The molecule has 2 aliphatic carbocycles. The normalized spacial score (nSPS) is 26.4. The van der Waals surface area contributed by atoms with Gasteiger partial charge in [-0.25, -0.2) is 0 Å². The SMILES string of the molecule is CC1=CC=CC2(CCCC2)C1=O. The van der Waals surface area contributed by atoms with Gasteiger partial charge in [-0.3, -0.25) is 4.79 Å². The summed E-state index contributed by atoms with van der Waals surface area (Å²) in [7, 11) is 0. The maximum Gasteiger partial charge on any atom is 0.168 e. The van der Waals surface area contributed by atoms with Crippen LogP contribution in [0.1, 0.15) is 32.6 Å². The second kappa shape index (κ2) is 2.58. The fraction of sp³-hybridized carbons (Fsp3) is 0.545. The first kappa shape index (κ1) is 7.78. The highest BCUT2D eigenvalue weighted by Crippen LogP contribution is 2.43. The summed E-state index contributed by atoms with van der Waals surface area (Å²) in [5.74, 6) is 0.363. The molecular formula is C11H14O. The molecule has 64 valence electrons. The number of rotatable bonds is 0. The van der Waals surface area contributed by atoms with Crippen LogP contribution in [0.5, 0.6) is 0 Å². The van der Waals surface area contributed by atoms with Gasteiger partial charge >= 0.3 is 0 Å². The zero-order valence-electron chi connectivity index (χ0n) is 7.47. The molecule has 0 N–H and O–H groups in total. The van der Waals surface area contributed by atoms with Crippen LogP contribution in [0.2, 0.25) is 0 Å². The second-order valence-electron chi connectivity index (χ2n) is 3.90. The van der Waals surface area contributed by atoms with E-state index in [1.165, 1.54) is 12.8 Å². The number of Topliss-reactive ketones (excluding diaryl/α,β-unsaturated/α-hetero) is 1. The summed E-state index contributed by atoms with van der Waals surface area (Å²) >= 11 is 0. The van der Waals surface area contributed by atoms with Crippen LogP contribution in [-0.2, 0) is 4.79 Å². The molecule has 0 aromatic carbocycles. The molecule has 0 saturated heterocycles. The van der Waals surface area contributed by atoms with Crippen molar-refractivity contribution < 1.29 is 4.79 Å². The van der Waals surface area contributed by atoms with Gasteiger partial charge in [-0.2, -0.15) is 0 Å². The average Bonchev–Trinajstić information content (AvgIpc) is 2.50. The third-order valence-corrected chi connectivity index (χ3v) is 3.07. The van der Waals surface area contributed by atoms with E-state index in [0.29, 0.717) is 5.78 Å². The van der Waals surface area contributed by atoms with E-state index < -0.39 is 0 Å². The molecule has 0 heterocycles. The lowest BCUT2D eigenvalue weighted by Crippen LogP contribution is -2.28. The maximum atomic E-state index is 11.8. The highest BCUT2D eigenvalue weighted by atomic mass is 16.1. The van der Waals surface area contributed by atoms with Crippen LogP contribution in [0.3, 0.4) is 0 Å². The molecule has 0 unspecified atom stereocenters. The predicted molar refractivity (Wildman–Crippen MR) is 48.8 cm³/mol. The fourth-order valence-electron chi connectivity index (χ4n) is 2.32. The van der Waals surface area contributed by atoms with E-state index in [-0.39, 0.29) is 5.41 Å². The summed E-state index contributed by atoms with van der Waals surface area (Å²) in [5, 5.41) is 0. The van der Waals surface area contributed by atoms with E-state index in [0.717, 1.165) is 18.4 Å². The highest BCUT2D eigenvalue weighted by molar-refractivity contribution is 6.02. The van der Waals surface area contributed by atoms with Crippen molar-refractivity contribution in [3.8, 4) is 0 Å². The van der Waals surface area contributed by atoms with Gasteiger partial charge in [0.2, 0.25) is 0 Å². The summed E-state index contributed by atoms with van der Waals surface area (Å²) in [6.45, 7) is 1.92. The summed E-state index contributed by atoms with van der Waals surface area (Å²) in [4.78, 5) is 11.8. The number of hydrogen-bond donors (Lipinski definition) is 0. The van der Waals surface area contributed by atoms with E-state index in [1.54, 1.807) is 0 Å². The summed E-state index contributed by atoms with van der Waals surface area (Å²) < 4.78 is 0. The smallest absolute Gasteiger partial charge is 0.168 e. The van der Waals surface area contributed by atoms with Gasteiger partial charge in [-0.15, -0.1) is 0 Å². The van der Waals surface area contributed by atoms with Crippen molar-refractivity contribution >= 4 is 5.78 Å². The van der Waals surface area contributed by atoms with Crippen molar-refractivity contribution in [2.24, 2.45) is 5.41 Å². The van der Waals surface area contributed by atoms with Crippen LogP contribution < -0.4 is 0 Å². The van der Waals surface area contributed by atoms with Gasteiger partial charge in [0.05, 0.1) is 5.41 Å². The van der Waals surface area contributed by atoms with Gasteiger partial charge in [0.25, 0.3) is 0 Å². The Bertz CT molecular complexity index is 265. The lowest BCUT2D eigenvalue weighted by molar-refractivity contribution is -0.122. The lowest BCUT2D eigenvalue weighted by Gasteiger charge is -2.25. The Balaban J connectivity index is 2.34. The molecule has 12 heavy (non-hydrogen) atoms. The van der Waals surface area contributed by atoms with Crippen LogP contribution in [0.25, 0.3) is 0 Å². The highest BCUT2D eigenvalue weighted by Gasteiger charge is 2.39. The summed E-state index contributed by atoms with van der Waals surface area (Å²) in [6.07, 6.45) is 10.6. The second-order valence-corrected chi connectivity index (χ2v) is 3.90. The van der Waals surface area contributed by atoms with Crippen LogP contribution in [0.4, 0.5) is 0 Å². The molecule has 1 fully saturated rings. The standard InChI is InChI=1S/C11H14O/c1-9-5-4-8-11(10(9)12)6-2-3-7-11/h4-5,8H,2-3,6-7H2,1H3. The van der Waals surface area contributed by atoms with E-state index in [9.17, 15) is 4.79 Å². The molecular weight excluding hydrogens is 148 g/mol. The van der Waals surface area contributed by atoms with Gasteiger partial charge in [0.15, 0.2) is 5.78 Å². The van der Waals surface area contributed by atoms with Crippen LogP contribution >= 0.6 is 0 Å². The Morgan fingerprint density at radius 1 is 1.33 bits per heavy atom. The first-order valence-corrected chi connectivity index (χ1v) is 4.66. The molecule has 1 spiro atoms. The Morgan fingerprint density at radius 2 is 2.00 bits per heavy atom. The first-order valence-electron chi connectivity index (χ1n) is 4.66. The van der Waals surface area contributed by atoms with Crippen molar-refractivity contribution in [3.05, 3.63) is 23.8 Å². The van der Waals surface area contributed by atoms with Crippen LogP contribution in [0.15, 0.2) is 23.8 Å². The minimum Gasteiger partial charge on any atom is -0.294 e. The zero-order valence-corrected chi connectivity index (χ0v) is 7.47. The molecule has 0 aromatic heterocycles. The third-order valence-electron chi connectivity index (χ3n) is 3.07. The van der Waals surface area contributed by atoms with Crippen LogP contribution in [0, 0.1) is 5.41 Å². The Hall–Kier alpha value is -0.850. The Morgan fingerprint density at radius 3 is 2.67 bits per heavy atom. The molecule has 0 atom stereocenters. The maximum absolute atomic E-state index is 11.8. The van der Waals surface area contributed by atoms with Gasteiger partial charge in [-0.1, -0.05) is 31.1 Å². The first-order chi connectivity index (χ1) is 5.75. The van der Waals surface area contributed by atoms with Gasteiger partial charge in [0.1, 0.15) is 0 Å². The molecule has 1 nitrogen and oxygen atoms in total. The van der Waals surface area contributed by atoms with Crippen molar-refractivity contribution in [1.29, 1.82) is 0 Å². The van der Waals surface area contributed by atoms with Crippen LogP contribution in [-0.4, -0.2) is 5.78 Å². The third kappa shape index (κ3) is 0.961. The van der Waals surface area contributed by atoms with Crippen molar-refractivity contribution in [3.63, 3.8) is 0 Å². The molecule has 0 aliphatic heterocycles. The average molecular weight is 162 g/mol. The quantitative estimate of drug-likeness (QED) is 0.535. The molecule has 0 amide bonds. The minimum absolute atomic E-state index is 0.0845. The zero-order chi connectivity index (χ0) is 8.60. The Kier molecular flexibility index (Phi) is 1.67. The topological polar surface area (TPSA) is 17.1 Å². The van der Waals surface area contributed by atoms with Crippen molar-refractivity contribution in [2.45, 2.75) is 32.6 Å². The van der Waals surface area contributed by atoms with Gasteiger partial charge < -0.3 is 0 Å². The van der Waals surface area contributed by atoms with E-state index >= 15 is 0 Å². The molecule has 1 heteroatoms. The molecule has 0 bridgehead atoms. The monoisotopic (exact) mass is 162 g/mol. The van der Waals surface area contributed by atoms with E-state index in [2.05, 4.69) is 6.08 Å². The number of hydrogen-bond acceptors (Lipinski definition) is 1. The summed E-state index contributed by atoms with van der Waals surface area (Å²) in [6, 6.07) is 0. The molecule has 0 aromatic rings. The lowest BCUT2D eigenvalue weighted by atomic mass is 9.76. The minimum atomic E-state index is -0.0845. The number of ketones is 1. The number of allylic oxidation sites excluding steroid dienone is 4. The summed E-state index contributed by atoms with van der Waals surface area (Å²) in [5.41, 5.74) is 0.846. The molecule has 0 radical (unpaired) electrons. The van der Waals surface area contributed by atoms with E-state index in [1.807, 2.05) is 19.1 Å². The van der Waals surface area contributed by atoms with Crippen molar-refractivity contribution in [2.75, 3.05) is 0 Å². The predicted octanol–water partition coefficient (Wildman–Crippen LogP) is 2.63. The van der Waals surface area contributed by atoms with Gasteiger partial charge in [0, 0.05) is 0 Å². The van der Waals surface area contributed by atoms with E-state index in [4.69, 9.17) is 0 Å². The molecule has 2 rings (SSSR count). The Labute approximate surface area is 73.2 Å². The van der Waals surface area contributed by atoms with Gasteiger partial charge in [-0.05, 0) is 25.3 Å². The largest absolute Gasteiger partial charge is 0.294 e.